The maximum atomic E-state index is 12.8. The average molecular weight is 219 g/mol. The topological polar surface area (TPSA) is 56.3 Å². The highest BCUT2D eigenvalue weighted by Crippen LogP contribution is 2.06. The van der Waals surface area contributed by atoms with Gasteiger partial charge in [0, 0.05) is 0 Å². The van der Waals surface area contributed by atoms with E-state index in [1.165, 1.54) is 19.1 Å². The third-order valence-corrected chi connectivity index (χ3v) is 2.05. The van der Waals surface area contributed by atoms with E-state index in [0.717, 1.165) is 6.26 Å². The number of aromatic nitrogens is 1. The van der Waals surface area contributed by atoms with Gasteiger partial charge < -0.3 is 0 Å². The lowest BCUT2D eigenvalue weighted by Gasteiger charge is -2.02. The first kappa shape index (κ1) is 11.1. The molecule has 1 heterocycles. The van der Waals surface area contributed by atoms with Crippen LogP contribution in [0.5, 0.6) is 0 Å². The van der Waals surface area contributed by atoms with Crippen molar-refractivity contribution in [2.45, 2.75) is 13.5 Å². The molecule has 0 atom stereocenters. The van der Waals surface area contributed by atoms with Gasteiger partial charge in [-0.2, -0.15) is 8.42 Å². The van der Waals surface area contributed by atoms with Crippen molar-refractivity contribution in [3.05, 3.63) is 29.3 Å². The Balaban J connectivity index is 2.74. The summed E-state index contributed by atoms with van der Waals surface area (Å²) in [5.74, 6) is -0.423. The van der Waals surface area contributed by atoms with Gasteiger partial charge in [-0.15, -0.1) is 0 Å². The van der Waals surface area contributed by atoms with Crippen molar-refractivity contribution in [1.29, 1.82) is 0 Å². The number of halogens is 1. The van der Waals surface area contributed by atoms with Gasteiger partial charge >= 0.3 is 0 Å². The van der Waals surface area contributed by atoms with E-state index < -0.39 is 15.9 Å². The molecule has 0 aliphatic carbocycles. The van der Waals surface area contributed by atoms with Gasteiger partial charge in [-0.3, -0.25) is 9.17 Å². The van der Waals surface area contributed by atoms with E-state index in [1.54, 1.807) is 0 Å². The molecule has 0 aromatic carbocycles. The molecule has 4 nitrogen and oxygen atoms in total. The van der Waals surface area contributed by atoms with Crippen LogP contribution in [0.25, 0.3) is 0 Å². The summed E-state index contributed by atoms with van der Waals surface area (Å²) >= 11 is 0. The third-order valence-electron chi connectivity index (χ3n) is 1.50. The highest BCUT2D eigenvalue weighted by atomic mass is 32.2. The summed E-state index contributed by atoms with van der Waals surface area (Å²) < 4.78 is 38.5. The van der Waals surface area contributed by atoms with Crippen molar-refractivity contribution in [1.82, 2.24) is 4.98 Å². The summed E-state index contributed by atoms with van der Waals surface area (Å²) in [6.07, 6.45) is 0.948. The normalized spacial score (nSPS) is 11.6. The second-order valence-electron chi connectivity index (χ2n) is 2.84. The fourth-order valence-electron chi connectivity index (χ4n) is 0.844. The molecule has 1 aromatic heterocycles. The first-order valence-corrected chi connectivity index (χ1v) is 5.66. The van der Waals surface area contributed by atoms with E-state index in [2.05, 4.69) is 9.17 Å². The molecule has 0 amide bonds. The molecule has 0 bridgehead atoms. The SMILES string of the molecule is Cc1nc(COS(C)(=O)=O)ccc1F. The lowest BCUT2D eigenvalue weighted by molar-refractivity contribution is 0.306. The largest absolute Gasteiger partial charge is 0.264 e. The predicted octanol–water partition coefficient (Wildman–Crippen LogP) is 1.01. The Kier molecular flexibility index (Phi) is 3.17. The van der Waals surface area contributed by atoms with Crippen molar-refractivity contribution >= 4 is 10.1 Å². The molecule has 0 N–H and O–H groups in total. The smallest absolute Gasteiger partial charge is 0.264 e. The van der Waals surface area contributed by atoms with E-state index in [1.807, 2.05) is 0 Å². The van der Waals surface area contributed by atoms with Crippen LogP contribution in [0.4, 0.5) is 4.39 Å². The minimum Gasteiger partial charge on any atom is -0.264 e. The highest BCUT2D eigenvalue weighted by Gasteiger charge is 2.05. The first-order valence-electron chi connectivity index (χ1n) is 3.85. The van der Waals surface area contributed by atoms with Gasteiger partial charge in [0.1, 0.15) is 12.4 Å². The number of nitrogens with zero attached hydrogens (tertiary/aromatic N) is 1. The Morgan fingerprint density at radius 1 is 1.50 bits per heavy atom. The first-order chi connectivity index (χ1) is 6.38. The summed E-state index contributed by atoms with van der Waals surface area (Å²) in [6, 6.07) is 2.61. The third kappa shape index (κ3) is 3.39. The molecule has 1 rings (SSSR count). The molecule has 0 aliphatic rings. The summed E-state index contributed by atoms with van der Waals surface area (Å²) in [4.78, 5) is 3.81. The highest BCUT2D eigenvalue weighted by molar-refractivity contribution is 7.85. The minimum absolute atomic E-state index is 0.167. The monoisotopic (exact) mass is 219 g/mol. The predicted molar refractivity (Wildman–Crippen MR) is 48.6 cm³/mol. The van der Waals surface area contributed by atoms with Crippen LogP contribution in [0.15, 0.2) is 12.1 Å². The number of aryl methyl sites for hydroxylation is 1. The maximum Gasteiger partial charge on any atom is 0.264 e. The molecular formula is C8H10FNO3S. The second-order valence-corrected chi connectivity index (χ2v) is 4.48. The van der Waals surface area contributed by atoms with Gasteiger partial charge in [0.05, 0.1) is 17.6 Å². The zero-order chi connectivity index (χ0) is 10.8. The molecule has 0 fully saturated rings. The minimum atomic E-state index is -3.48. The molecule has 0 saturated heterocycles. The van der Waals surface area contributed by atoms with Crippen LogP contribution in [0.3, 0.4) is 0 Å². The number of pyridine rings is 1. The molecule has 6 heteroatoms. The van der Waals surface area contributed by atoms with E-state index in [0.29, 0.717) is 5.69 Å². The van der Waals surface area contributed by atoms with E-state index in [-0.39, 0.29) is 12.3 Å². The molecule has 78 valence electrons. The Morgan fingerprint density at radius 3 is 2.64 bits per heavy atom. The van der Waals surface area contributed by atoms with E-state index in [4.69, 9.17) is 0 Å². The summed E-state index contributed by atoms with van der Waals surface area (Å²) in [6.45, 7) is 1.33. The van der Waals surface area contributed by atoms with Gasteiger partial charge in [0.25, 0.3) is 10.1 Å². The second kappa shape index (κ2) is 4.02. The Bertz CT molecular complexity index is 430. The molecule has 0 aliphatic heterocycles. The zero-order valence-corrected chi connectivity index (χ0v) is 8.64. The quantitative estimate of drug-likeness (QED) is 0.712. The van der Waals surface area contributed by atoms with Crippen LogP contribution in [0, 0.1) is 12.7 Å². The number of hydrogen-bond donors (Lipinski definition) is 0. The standard InChI is InChI=1S/C8H10FNO3S/c1-6-8(9)4-3-7(10-6)5-13-14(2,11)12/h3-4H,5H2,1-2H3. The number of rotatable bonds is 3. The average Bonchev–Trinajstić information content (AvgIpc) is 2.06. The summed E-state index contributed by atoms with van der Waals surface area (Å²) in [5, 5.41) is 0. The van der Waals surface area contributed by atoms with E-state index in [9.17, 15) is 12.8 Å². The van der Waals surface area contributed by atoms with Gasteiger partial charge in [-0.05, 0) is 19.1 Å². The fraction of sp³-hybridized carbons (Fsp3) is 0.375. The molecule has 0 unspecified atom stereocenters. The summed E-state index contributed by atoms with van der Waals surface area (Å²) in [7, 11) is -3.48. The lowest BCUT2D eigenvalue weighted by Crippen LogP contribution is -2.04. The molecule has 0 spiro atoms. The van der Waals surface area contributed by atoms with Gasteiger partial charge in [-0.1, -0.05) is 0 Å². The Labute approximate surface area is 81.9 Å². The van der Waals surface area contributed by atoms with Gasteiger partial charge in [0.15, 0.2) is 0 Å². The van der Waals surface area contributed by atoms with Crippen molar-refractivity contribution in [3.63, 3.8) is 0 Å². The van der Waals surface area contributed by atoms with Crippen molar-refractivity contribution in [2.75, 3.05) is 6.26 Å². The lowest BCUT2D eigenvalue weighted by atomic mass is 10.3. The number of hydrogen-bond acceptors (Lipinski definition) is 4. The van der Waals surface area contributed by atoms with E-state index >= 15 is 0 Å². The molecule has 0 saturated carbocycles. The summed E-state index contributed by atoms with van der Waals surface area (Å²) in [5.41, 5.74) is 0.605. The molecule has 14 heavy (non-hydrogen) atoms. The Morgan fingerprint density at radius 2 is 2.14 bits per heavy atom. The van der Waals surface area contributed by atoms with Gasteiger partial charge in [0.2, 0.25) is 0 Å². The van der Waals surface area contributed by atoms with Crippen molar-refractivity contribution in [3.8, 4) is 0 Å². The van der Waals surface area contributed by atoms with Gasteiger partial charge in [-0.25, -0.2) is 4.39 Å². The van der Waals surface area contributed by atoms with Crippen LogP contribution < -0.4 is 0 Å². The fourth-order valence-corrected chi connectivity index (χ4v) is 1.18. The Hall–Kier alpha value is -1.01. The van der Waals surface area contributed by atoms with Crippen LogP contribution in [-0.4, -0.2) is 19.7 Å². The van der Waals surface area contributed by atoms with Crippen LogP contribution in [0.1, 0.15) is 11.4 Å². The van der Waals surface area contributed by atoms with Crippen LogP contribution in [-0.2, 0) is 20.9 Å². The van der Waals surface area contributed by atoms with Crippen LogP contribution in [0.2, 0.25) is 0 Å². The van der Waals surface area contributed by atoms with Crippen LogP contribution >= 0.6 is 0 Å². The van der Waals surface area contributed by atoms with Crippen molar-refractivity contribution in [2.24, 2.45) is 0 Å². The molecule has 1 aromatic rings. The molecule has 0 radical (unpaired) electrons. The van der Waals surface area contributed by atoms with Crippen molar-refractivity contribution < 1.29 is 17.0 Å². The maximum absolute atomic E-state index is 12.8. The molecular weight excluding hydrogens is 209 g/mol. The zero-order valence-electron chi connectivity index (χ0n) is 7.82.